The van der Waals surface area contributed by atoms with Crippen LogP contribution in [-0.4, -0.2) is 38.8 Å². The fraction of sp³-hybridized carbons (Fsp3) is 0.533. The van der Waals surface area contributed by atoms with Gasteiger partial charge in [0.05, 0.1) is 19.3 Å². The summed E-state index contributed by atoms with van der Waals surface area (Å²) in [7, 11) is 1.85. The second-order valence-corrected chi connectivity index (χ2v) is 5.58. The van der Waals surface area contributed by atoms with Crippen molar-refractivity contribution in [1.29, 1.82) is 0 Å². The number of carbonyl (C=O) groups excluding carboxylic acids is 1. The molecule has 0 saturated carbocycles. The number of likely N-dealkylation sites (N-methyl/N-ethyl adjacent to an activating group) is 1. The Kier molecular flexibility index (Phi) is 3.29. The molecule has 2 fully saturated rings. The number of amides is 1. The van der Waals surface area contributed by atoms with Gasteiger partial charge in [-0.15, -0.1) is 0 Å². The first-order chi connectivity index (χ1) is 9.16. The number of aryl methyl sites for hydroxylation is 1. The van der Waals surface area contributed by atoms with Crippen molar-refractivity contribution in [1.82, 2.24) is 5.32 Å². The van der Waals surface area contributed by atoms with Crippen molar-refractivity contribution < 1.29 is 9.53 Å². The summed E-state index contributed by atoms with van der Waals surface area (Å²) in [4.78, 5) is 14.4. The van der Waals surface area contributed by atoms with Crippen LogP contribution in [0.25, 0.3) is 0 Å². The molecule has 0 radical (unpaired) electrons. The van der Waals surface area contributed by atoms with E-state index in [2.05, 4.69) is 5.32 Å². The minimum atomic E-state index is -0.0991. The molecule has 19 heavy (non-hydrogen) atoms. The molecule has 1 aromatic carbocycles. The van der Waals surface area contributed by atoms with Crippen molar-refractivity contribution in [3.63, 3.8) is 0 Å². The summed E-state index contributed by atoms with van der Waals surface area (Å²) >= 11 is 0. The topological polar surface area (TPSA) is 41.6 Å². The minimum absolute atomic E-state index is 0.0991. The zero-order valence-electron chi connectivity index (χ0n) is 11.4. The molecule has 102 valence electrons. The smallest absolute Gasteiger partial charge is 0.244 e. The summed E-state index contributed by atoms with van der Waals surface area (Å²) < 4.78 is 5.49. The van der Waals surface area contributed by atoms with Crippen LogP contribution in [0.1, 0.15) is 5.56 Å². The summed E-state index contributed by atoms with van der Waals surface area (Å²) in [6.45, 7) is 4.42. The van der Waals surface area contributed by atoms with E-state index in [-0.39, 0.29) is 11.9 Å². The number of benzene rings is 1. The van der Waals surface area contributed by atoms with Gasteiger partial charge in [-0.25, -0.2) is 0 Å². The molecular formula is C15H20N2O2. The molecule has 2 heterocycles. The number of ether oxygens (including phenoxy) is 1. The van der Waals surface area contributed by atoms with Crippen LogP contribution >= 0.6 is 0 Å². The lowest BCUT2D eigenvalue weighted by Gasteiger charge is -2.24. The molecule has 2 aliphatic rings. The van der Waals surface area contributed by atoms with E-state index in [1.807, 2.05) is 38.2 Å². The molecule has 4 nitrogen and oxygen atoms in total. The number of fused-ring (bicyclic) bond motifs is 1. The van der Waals surface area contributed by atoms with Crippen LogP contribution in [0.5, 0.6) is 0 Å². The number of hydrogen-bond acceptors (Lipinski definition) is 3. The number of nitrogens with zero attached hydrogens (tertiary/aromatic N) is 1. The Bertz CT molecular complexity index is 489. The number of hydrogen-bond donors (Lipinski definition) is 1. The van der Waals surface area contributed by atoms with Gasteiger partial charge in [-0.05, 0) is 24.6 Å². The first-order valence-electron chi connectivity index (χ1n) is 6.82. The Labute approximate surface area is 113 Å². The Balaban J connectivity index is 1.76. The predicted molar refractivity (Wildman–Crippen MR) is 74.2 cm³/mol. The molecule has 2 aliphatic heterocycles. The van der Waals surface area contributed by atoms with Gasteiger partial charge in [-0.2, -0.15) is 0 Å². The molecule has 0 spiro atoms. The van der Waals surface area contributed by atoms with Crippen molar-refractivity contribution in [3.05, 3.63) is 29.8 Å². The van der Waals surface area contributed by atoms with Crippen LogP contribution in [-0.2, 0) is 9.53 Å². The third-order valence-electron chi connectivity index (χ3n) is 4.26. The van der Waals surface area contributed by atoms with Crippen molar-refractivity contribution in [2.45, 2.75) is 13.0 Å². The van der Waals surface area contributed by atoms with Gasteiger partial charge in [0.15, 0.2) is 0 Å². The van der Waals surface area contributed by atoms with Crippen LogP contribution in [0.2, 0.25) is 0 Å². The number of nitrogens with one attached hydrogen (secondary N) is 1. The van der Waals surface area contributed by atoms with Gasteiger partial charge >= 0.3 is 0 Å². The van der Waals surface area contributed by atoms with Crippen molar-refractivity contribution in [2.24, 2.45) is 11.8 Å². The quantitative estimate of drug-likeness (QED) is 0.868. The molecule has 0 aromatic heterocycles. The van der Waals surface area contributed by atoms with Crippen molar-refractivity contribution >= 4 is 11.6 Å². The normalized spacial score (nSPS) is 29.3. The first kappa shape index (κ1) is 12.6. The maximum atomic E-state index is 12.6. The van der Waals surface area contributed by atoms with Gasteiger partial charge in [0.1, 0.15) is 0 Å². The molecule has 4 heteroatoms. The molecule has 1 aromatic rings. The van der Waals surface area contributed by atoms with Crippen molar-refractivity contribution in [3.8, 4) is 0 Å². The highest BCUT2D eigenvalue weighted by atomic mass is 16.5. The predicted octanol–water partition coefficient (Wildman–Crippen LogP) is 1.19. The standard InChI is InChI=1S/C15H20N2O2/c1-10-4-3-5-12(6-10)17(2)15(18)14-13-9-19-8-11(13)7-16-14/h3-6,11,13-14,16H,7-9H2,1-2H3. The molecule has 1 N–H and O–H groups in total. The van der Waals surface area contributed by atoms with Gasteiger partial charge in [0.25, 0.3) is 0 Å². The van der Waals surface area contributed by atoms with Crippen LogP contribution in [0.3, 0.4) is 0 Å². The molecule has 3 unspecified atom stereocenters. The van der Waals surface area contributed by atoms with Crippen LogP contribution in [0, 0.1) is 18.8 Å². The lowest BCUT2D eigenvalue weighted by molar-refractivity contribution is -0.121. The summed E-state index contributed by atoms with van der Waals surface area (Å²) in [6, 6.07) is 7.94. The van der Waals surface area contributed by atoms with Gasteiger partial charge in [0.2, 0.25) is 5.91 Å². The molecule has 2 saturated heterocycles. The molecule has 3 rings (SSSR count). The van der Waals surface area contributed by atoms with E-state index in [4.69, 9.17) is 4.74 Å². The number of rotatable bonds is 2. The van der Waals surface area contributed by atoms with Crippen LogP contribution in [0.15, 0.2) is 24.3 Å². The van der Waals surface area contributed by atoms with Crippen LogP contribution < -0.4 is 10.2 Å². The van der Waals surface area contributed by atoms with E-state index in [1.54, 1.807) is 4.90 Å². The lowest BCUT2D eigenvalue weighted by Crippen LogP contribution is -2.45. The third kappa shape index (κ3) is 2.26. The Hall–Kier alpha value is -1.39. The fourth-order valence-corrected chi connectivity index (χ4v) is 3.07. The summed E-state index contributed by atoms with van der Waals surface area (Å²) in [5.74, 6) is 0.975. The maximum absolute atomic E-state index is 12.6. The molecule has 0 bridgehead atoms. The summed E-state index contributed by atoms with van der Waals surface area (Å²) in [5, 5.41) is 3.35. The zero-order valence-corrected chi connectivity index (χ0v) is 11.4. The fourth-order valence-electron chi connectivity index (χ4n) is 3.07. The number of anilines is 1. The molecular weight excluding hydrogens is 240 g/mol. The van der Waals surface area contributed by atoms with E-state index in [9.17, 15) is 4.79 Å². The van der Waals surface area contributed by atoms with Crippen LogP contribution in [0.4, 0.5) is 5.69 Å². The average molecular weight is 260 g/mol. The zero-order chi connectivity index (χ0) is 13.4. The highest BCUT2D eigenvalue weighted by molar-refractivity contribution is 5.97. The lowest BCUT2D eigenvalue weighted by atomic mass is 9.93. The van der Waals surface area contributed by atoms with Gasteiger partial charge in [-0.3, -0.25) is 4.79 Å². The van der Waals surface area contributed by atoms with E-state index in [1.165, 1.54) is 5.56 Å². The van der Waals surface area contributed by atoms with Gasteiger partial charge in [-0.1, -0.05) is 12.1 Å². The number of carbonyl (C=O) groups is 1. The Morgan fingerprint density at radius 1 is 1.42 bits per heavy atom. The van der Waals surface area contributed by atoms with E-state index in [0.717, 1.165) is 18.8 Å². The van der Waals surface area contributed by atoms with E-state index >= 15 is 0 Å². The molecule has 1 amide bonds. The second-order valence-electron chi connectivity index (χ2n) is 5.58. The van der Waals surface area contributed by atoms with Gasteiger partial charge in [0, 0.05) is 31.1 Å². The van der Waals surface area contributed by atoms with E-state index < -0.39 is 0 Å². The van der Waals surface area contributed by atoms with Crippen molar-refractivity contribution in [2.75, 3.05) is 31.7 Å². The maximum Gasteiger partial charge on any atom is 0.244 e. The first-order valence-corrected chi connectivity index (χ1v) is 6.82. The highest BCUT2D eigenvalue weighted by Gasteiger charge is 2.44. The SMILES string of the molecule is Cc1cccc(N(C)C(=O)C2NCC3COCC32)c1. The average Bonchev–Trinajstić information content (AvgIpc) is 2.99. The van der Waals surface area contributed by atoms with E-state index in [0.29, 0.717) is 18.4 Å². The molecule has 0 aliphatic carbocycles. The van der Waals surface area contributed by atoms with Gasteiger partial charge < -0.3 is 15.0 Å². The largest absolute Gasteiger partial charge is 0.381 e. The summed E-state index contributed by atoms with van der Waals surface area (Å²) in [6.07, 6.45) is 0. The third-order valence-corrected chi connectivity index (χ3v) is 4.26. The minimum Gasteiger partial charge on any atom is -0.381 e. The highest BCUT2D eigenvalue weighted by Crippen LogP contribution is 2.30. The Morgan fingerprint density at radius 3 is 3.05 bits per heavy atom. The Morgan fingerprint density at radius 2 is 2.26 bits per heavy atom. The monoisotopic (exact) mass is 260 g/mol. The second kappa shape index (κ2) is 4.94. The molecule has 3 atom stereocenters. The summed E-state index contributed by atoms with van der Waals surface area (Å²) in [5.41, 5.74) is 2.12.